The molecule has 0 amide bonds. The zero-order valence-electron chi connectivity index (χ0n) is 12.4. The Kier molecular flexibility index (Phi) is 10.8. The number of carbonyl (C=O) groups is 2. The number of nitrogens with one attached hydrogen (secondary N) is 1. The Hall–Kier alpha value is -2.00. The van der Waals surface area contributed by atoms with Crippen molar-refractivity contribution in [3.8, 4) is 12.3 Å². The van der Waals surface area contributed by atoms with Gasteiger partial charge in [0.1, 0.15) is 0 Å². The van der Waals surface area contributed by atoms with Crippen LogP contribution in [0.5, 0.6) is 0 Å². The van der Waals surface area contributed by atoms with E-state index >= 15 is 0 Å². The van der Waals surface area contributed by atoms with E-state index in [1.54, 1.807) is 0 Å². The van der Waals surface area contributed by atoms with Crippen LogP contribution in [0.2, 0.25) is 0 Å². The highest BCUT2D eigenvalue weighted by Crippen LogP contribution is 2.13. The van der Waals surface area contributed by atoms with E-state index in [1.165, 1.54) is 0 Å². The van der Waals surface area contributed by atoms with Crippen molar-refractivity contribution < 1.29 is 46.1 Å². The number of aliphatic carboxylic acids is 2. The van der Waals surface area contributed by atoms with Crippen molar-refractivity contribution in [2.75, 3.05) is 26.2 Å². The number of alkyl halides is 6. The topological polar surface area (TPSA) is 89.9 Å². The molecule has 0 bridgehead atoms. The highest BCUT2D eigenvalue weighted by molar-refractivity contribution is 5.73. The maximum atomic E-state index is 10.6. The molecule has 0 aliphatic carbocycles. The quantitative estimate of drug-likeness (QED) is 0.477. The van der Waals surface area contributed by atoms with Crippen molar-refractivity contribution in [1.82, 2.24) is 10.2 Å². The van der Waals surface area contributed by atoms with Gasteiger partial charge in [-0.1, -0.05) is 5.92 Å². The van der Waals surface area contributed by atoms with Crippen molar-refractivity contribution in [3.05, 3.63) is 0 Å². The van der Waals surface area contributed by atoms with Crippen molar-refractivity contribution >= 4 is 11.9 Å². The predicted molar refractivity (Wildman–Crippen MR) is 70.1 cm³/mol. The first kappa shape index (κ1) is 24.3. The lowest BCUT2D eigenvalue weighted by molar-refractivity contribution is -0.193. The van der Waals surface area contributed by atoms with Gasteiger partial charge in [0, 0.05) is 26.2 Å². The predicted octanol–water partition coefficient (Wildman–Crippen LogP) is 1.18. The Morgan fingerprint density at radius 2 is 1.33 bits per heavy atom. The molecule has 24 heavy (non-hydrogen) atoms. The number of rotatable bonds is 1. The first-order valence-corrected chi connectivity index (χ1v) is 6.24. The molecule has 1 fully saturated rings. The number of hydrogen-bond acceptors (Lipinski definition) is 4. The molecule has 0 spiro atoms. The molecule has 1 atom stereocenters. The lowest BCUT2D eigenvalue weighted by Gasteiger charge is -2.29. The van der Waals surface area contributed by atoms with Gasteiger partial charge in [0.2, 0.25) is 0 Å². The third-order valence-corrected chi connectivity index (χ3v) is 2.43. The van der Waals surface area contributed by atoms with Crippen LogP contribution in [0.1, 0.15) is 6.92 Å². The van der Waals surface area contributed by atoms with Crippen LogP contribution >= 0.6 is 0 Å². The minimum Gasteiger partial charge on any atom is -0.475 e. The second kappa shape index (κ2) is 10.7. The van der Waals surface area contributed by atoms with E-state index in [0.29, 0.717) is 6.04 Å². The Labute approximate surface area is 133 Å². The summed E-state index contributed by atoms with van der Waals surface area (Å²) < 4.78 is 63.5. The smallest absolute Gasteiger partial charge is 0.475 e. The lowest BCUT2D eigenvalue weighted by Crippen LogP contribution is -2.46. The van der Waals surface area contributed by atoms with Gasteiger partial charge in [-0.05, 0) is 6.92 Å². The van der Waals surface area contributed by atoms with E-state index < -0.39 is 24.3 Å². The zero-order valence-corrected chi connectivity index (χ0v) is 12.4. The summed E-state index contributed by atoms with van der Waals surface area (Å²) in [5.74, 6) is -2.78. The first-order valence-electron chi connectivity index (χ1n) is 6.24. The number of nitrogens with zero attached hydrogens (tertiary/aromatic N) is 1. The van der Waals surface area contributed by atoms with Gasteiger partial charge >= 0.3 is 24.3 Å². The Morgan fingerprint density at radius 3 is 1.54 bits per heavy atom. The molecule has 0 saturated carbocycles. The van der Waals surface area contributed by atoms with Gasteiger partial charge < -0.3 is 15.5 Å². The molecule has 1 saturated heterocycles. The van der Waals surface area contributed by atoms with E-state index in [4.69, 9.17) is 26.2 Å². The fourth-order valence-corrected chi connectivity index (χ4v) is 1.17. The molecule has 12 heteroatoms. The van der Waals surface area contributed by atoms with Crippen LogP contribution in [0, 0.1) is 12.3 Å². The SMILES string of the molecule is C#CC(C)N1CCNCC1.O=C(O)C(F)(F)F.O=C(O)C(F)(F)F. The summed E-state index contributed by atoms with van der Waals surface area (Å²) in [5.41, 5.74) is 0. The molecule has 1 aliphatic heterocycles. The fraction of sp³-hybridized carbons (Fsp3) is 0.667. The minimum atomic E-state index is -5.08. The summed E-state index contributed by atoms with van der Waals surface area (Å²) in [6.07, 6.45) is -4.88. The van der Waals surface area contributed by atoms with Gasteiger partial charge in [-0.3, -0.25) is 4.90 Å². The van der Waals surface area contributed by atoms with Gasteiger partial charge in [0.15, 0.2) is 0 Å². The zero-order chi connectivity index (χ0) is 19.6. The Morgan fingerprint density at radius 1 is 1.04 bits per heavy atom. The lowest BCUT2D eigenvalue weighted by atomic mass is 10.2. The van der Waals surface area contributed by atoms with Gasteiger partial charge in [-0.2, -0.15) is 26.3 Å². The van der Waals surface area contributed by atoms with Crippen LogP contribution in [0.3, 0.4) is 0 Å². The number of carboxylic acids is 2. The van der Waals surface area contributed by atoms with E-state index in [2.05, 4.69) is 23.1 Å². The minimum absolute atomic E-state index is 0.307. The molecule has 1 rings (SSSR count). The summed E-state index contributed by atoms with van der Waals surface area (Å²) >= 11 is 0. The van der Waals surface area contributed by atoms with Crippen molar-refractivity contribution in [1.29, 1.82) is 0 Å². The molecule has 1 unspecified atom stereocenters. The summed E-state index contributed by atoms with van der Waals surface area (Å²) in [6.45, 7) is 6.40. The molecule has 0 aromatic heterocycles. The van der Waals surface area contributed by atoms with Crippen molar-refractivity contribution in [2.24, 2.45) is 0 Å². The first-order chi connectivity index (χ1) is 10.7. The van der Waals surface area contributed by atoms with Crippen LogP contribution in [0.4, 0.5) is 26.3 Å². The maximum Gasteiger partial charge on any atom is 0.490 e. The highest BCUT2D eigenvalue weighted by Gasteiger charge is 2.38. The molecular formula is C12H16F6N2O4. The summed E-state index contributed by atoms with van der Waals surface area (Å²) in [7, 11) is 0. The average molecular weight is 366 g/mol. The van der Waals surface area contributed by atoms with Crippen molar-refractivity contribution in [3.63, 3.8) is 0 Å². The summed E-state index contributed by atoms with van der Waals surface area (Å²) in [5, 5.41) is 17.5. The molecule has 0 aromatic carbocycles. The number of halogens is 6. The van der Waals surface area contributed by atoms with Gasteiger partial charge in [-0.15, -0.1) is 6.42 Å². The fourth-order valence-electron chi connectivity index (χ4n) is 1.17. The van der Waals surface area contributed by atoms with Gasteiger partial charge in [-0.25, -0.2) is 9.59 Å². The van der Waals surface area contributed by atoms with E-state index in [-0.39, 0.29) is 0 Å². The molecule has 140 valence electrons. The monoisotopic (exact) mass is 366 g/mol. The molecule has 3 N–H and O–H groups in total. The molecule has 0 aromatic rings. The third-order valence-electron chi connectivity index (χ3n) is 2.43. The number of carboxylic acid groups (broad SMARTS) is 2. The Balaban J connectivity index is 0. The second-order valence-electron chi connectivity index (χ2n) is 4.23. The second-order valence-corrected chi connectivity index (χ2v) is 4.23. The standard InChI is InChI=1S/C8H14N2.2C2HF3O2/c1-3-8(2)10-6-4-9-5-7-10;2*3-2(4,5)1(6)7/h1,8-9H,4-7H2,2H3;2*(H,6,7). The Bertz CT molecular complexity index is 414. The normalized spacial score (nSPS) is 16.4. The molecule has 0 radical (unpaired) electrons. The van der Waals surface area contributed by atoms with Crippen LogP contribution in [-0.2, 0) is 9.59 Å². The van der Waals surface area contributed by atoms with E-state index in [1.807, 2.05) is 0 Å². The van der Waals surface area contributed by atoms with E-state index in [9.17, 15) is 26.3 Å². The molecule has 1 heterocycles. The van der Waals surface area contributed by atoms with Crippen LogP contribution < -0.4 is 5.32 Å². The number of terminal acetylenes is 1. The largest absolute Gasteiger partial charge is 0.490 e. The van der Waals surface area contributed by atoms with Gasteiger partial charge in [0.05, 0.1) is 6.04 Å². The van der Waals surface area contributed by atoms with Gasteiger partial charge in [0.25, 0.3) is 0 Å². The molecule has 6 nitrogen and oxygen atoms in total. The highest BCUT2D eigenvalue weighted by atomic mass is 19.4. The van der Waals surface area contributed by atoms with Crippen molar-refractivity contribution in [2.45, 2.75) is 25.3 Å². The number of hydrogen-bond donors (Lipinski definition) is 3. The summed E-state index contributed by atoms with van der Waals surface area (Å²) in [6, 6.07) is 0.307. The van der Waals surface area contributed by atoms with Crippen LogP contribution in [0.25, 0.3) is 0 Å². The van der Waals surface area contributed by atoms with Crippen LogP contribution in [-0.4, -0.2) is 71.6 Å². The average Bonchev–Trinajstić information content (AvgIpc) is 2.46. The maximum absolute atomic E-state index is 10.6. The van der Waals surface area contributed by atoms with E-state index in [0.717, 1.165) is 26.2 Å². The van der Waals surface area contributed by atoms with Crippen LogP contribution in [0.15, 0.2) is 0 Å². The third kappa shape index (κ3) is 12.5. The number of piperazine rings is 1. The summed E-state index contributed by atoms with van der Waals surface area (Å²) in [4.78, 5) is 20.1. The molecule has 1 aliphatic rings. The molecular weight excluding hydrogens is 350 g/mol.